The zero-order valence-corrected chi connectivity index (χ0v) is 23.1. The minimum absolute atomic E-state index is 0.000719. The third-order valence-electron chi connectivity index (χ3n) is 7.40. The Hall–Kier alpha value is -3.53. The van der Waals surface area contributed by atoms with Crippen LogP contribution in [0.3, 0.4) is 0 Å². The van der Waals surface area contributed by atoms with Gasteiger partial charge in [-0.3, -0.25) is 10.2 Å². The first kappa shape index (κ1) is 27.1. The van der Waals surface area contributed by atoms with Gasteiger partial charge in [0.2, 0.25) is 5.91 Å². The van der Waals surface area contributed by atoms with Gasteiger partial charge < -0.3 is 9.64 Å². The Labute approximate surface area is 228 Å². The number of ether oxygens (including phenoxy) is 1. The Morgan fingerprint density at radius 3 is 2.72 bits per heavy atom. The number of anilines is 1. The normalized spacial score (nSPS) is 17.7. The second-order valence-electron chi connectivity index (χ2n) is 11.4. The van der Waals surface area contributed by atoms with E-state index in [0.717, 1.165) is 43.4 Å². The molecule has 208 valence electrons. The number of benzene rings is 1. The summed E-state index contributed by atoms with van der Waals surface area (Å²) in [6.07, 6.45) is 7.87. The number of hydrogen-bond donors (Lipinski definition) is 1. The fourth-order valence-corrected chi connectivity index (χ4v) is 5.10. The van der Waals surface area contributed by atoms with Gasteiger partial charge >= 0.3 is 5.97 Å². The Kier molecular flexibility index (Phi) is 7.57. The Morgan fingerprint density at radius 1 is 1.21 bits per heavy atom. The number of hydrazine groups is 1. The van der Waals surface area contributed by atoms with Gasteiger partial charge in [0.25, 0.3) is 0 Å². The molecule has 1 amide bonds. The second-order valence-corrected chi connectivity index (χ2v) is 11.4. The highest BCUT2D eigenvalue weighted by atomic mass is 19.1. The van der Waals surface area contributed by atoms with E-state index in [9.17, 15) is 14.0 Å². The number of amides is 1. The summed E-state index contributed by atoms with van der Waals surface area (Å²) in [7, 11) is 0. The molecule has 9 nitrogen and oxygen atoms in total. The molecule has 0 bridgehead atoms. The molecule has 10 heteroatoms. The maximum Gasteiger partial charge on any atom is 0.343 e. The molecule has 3 heterocycles. The zero-order valence-electron chi connectivity index (χ0n) is 23.1. The average Bonchev–Trinajstić information content (AvgIpc) is 3.46. The molecule has 1 atom stereocenters. The summed E-state index contributed by atoms with van der Waals surface area (Å²) in [6.45, 7) is 9.17. The summed E-state index contributed by atoms with van der Waals surface area (Å²) < 4.78 is 21.3. The molecule has 1 N–H and O–H groups in total. The summed E-state index contributed by atoms with van der Waals surface area (Å²) in [5.41, 5.74) is 5.39. The van der Waals surface area contributed by atoms with Crippen molar-refractivity contribution in [2.24, 2.45) is 5.41 Å². The molecule has 1 saturated carbocycles. The SMILES string of the molecule is CCOC(=O)c1cnn2ccc(N3CCC[C@@H]3c3cc(F)ccc3CCN(NC(=O)C(C)(C)C)C3CC3)nc12. The maximum atomic E-state index is 14.6. The Bertz CT molecular complexity index is 1360. The highest BCUT2D eigenvalue weighted by molar-refractivity contribution is 5.95. The quantitative estimate of drug-likeness (QED) is 0.319. The fourth-order valence-electron chi connectivity index (χ4n) is 5.10. The van der Waals surface area contributed by atoms with Gasteiger partial charge in [-0.05, 0) is 68.4 Å². The van der Waals surface area contributed by atoms with Gasteiger partial charge in [-0.2, -0.15) is 5.10 Å². The number of rotatable bonds is 9. The highest BCUT2D eigenvalue weighted by Gasteiger charge is 2.34. The number of halogens is 1. The van der Waals surface area contributed by atoms with Crippen LogP contribution in [-0.4, -0.2) is 57.2 Å². The standard InChI is InChI=1S/C29H37FN6O3/c1-5-39-27(37)23-18-31-36-16-13-25(32-26(23)36)34-14-6-7-24(34)22-17-20(30)9-8-19(22)12-15-35(21-10-11-21)33-28(38)29(2,3)4/h8-9,13,16-18,21,24H,5-7,10-12,14-15H2,1-4H3,(H,33,38)/t24-/m1/s1. The van der Waals surface area contributed by atoms with Crippen LogP contribution in [-0.2, 0) is 16.0 Å². The van der Waals surface area contributed by atoms with E-state index >= 15 is 0 Å². The molecule has 0 radical (unpaired) electrons. The van der Waals surface area contributed by atoms with Crippen molar-refractivity contribution in [2.75, 3.05) is 24.6 Å². The van der Waals surface area contributed by atoms with Gasteiger partial charge in [0, 0.05) is 30.7 Å². The van der Waals surface area contributed by atoms with Crippen molar-refractivity contribution in [3.63, 3.8) is 0 Å². The molecule has 2 aromatic heterocycles. The lowest BCUT2D eigenvalue weighted by atomic mass is 9.95. The molecule has 0 spiro atoms. The number of aromatic nitrogens is 3. The van der Waals surface area contributed by atoms with E-state index in [1.165, 1.54) is 12.3 Å². The second kappa shape index (κ2) is 10.9. The third kappa shape index (κ3) is 5.90. The van der Waals surface area contributed by atoms with Gasteiger partial charge in [0.15, 0.2) is 5.65 Å². The van der Waals surface area contributed by atoms with Crippen LogP contribution in [0.5, 0.6) is 0 Å². The number of hydrogen-bond acceptors (Lipinski definition) is 7. The maximum absolute atomic E-state index is 14.6. The number of fused-ring (bicyclic) bond motifs is 1. The summed E-state index contributed by atoms with van der Waals surface area (Å²) in [5.74, 6) is -0.0201. The van der Waals surface area contributed by atoms with Crippen molar-refractivity contribution in [1.82, 2.24) is 25.0 Å². The van der Waals surface area contributed by atoms with E-state index < -0.39 is 11.4 Å². The van der Waals surface area contributed by atoms with Crippen LogP contribution in [0, 0.1) is 11.2 Å². The van der Waals surface area contributed by atoms with Crippen molar-refractivity contribution >= 4 is 23.3 Å². The largest absolute Gasteiger partial charge is 0.462 e. The highest BCUT2D eigenvalue weighted by Crippen LogP contribution is 2.38. The van der Waals surface area contributed by atoms with Crippen molar-refractivity contribution in [3.05, 3.63) is 59.2 Å². The average molecular weight is 537 g/mol. The fraction of sp³-hybridized carbons (Fsp3) is 0.517. The van der Waals surface area contributed by atoms with Crippen LogP contribution in [0.1, 0.15) is 80.9 Å². The van der Waals surface area contributed by atoms with E-state index in [-0.39, 0.29) is 24.4 Å². The lowest BCUT2D eigenvalue weighted by Crippen LogP contribution is -2.49. The first-order valence-corrected chi connectivity index (χ1v) is 13.8. The first-order valence-electron chi connectivity index (χ1n) is 13.8. The van der Waals surface area contributed by atoms with Gasteiger partial charge in [0.1, 0.15) is 17.2 Å². The number of nitrogens with zero attached hydrogens (tertiary/aromatic N) is 5. The molecule has 5 rings (SSSR count). The van der Waals surface area contributed by atoms with E-state index in [4.69, 9.17) is 9.72 Å². The van der Waals surface area contributed by atoms with Crippen LogP contribution < -0.4 is 10.3 Å². The Morgan fingerprint density at radius 2 is 2.00 bits per heavy atom. The molecule has 0 unspecified atom stereocenters. The smallest absolute Gasteiger partial charge is 0.343 e. The lowest BCUT2D eigenvalue weighted by molar-refractivity contribution is -0.134. The van der Waals surface area contributed by atoms with Crippen molar-refractivity contribution < 1.29 is 18.7 Å². The molecule has 39 heavy (non-hydrogen) atoms. The molecule has 2 fully saturated rings. The summed E-state index contributed by atoms with van der Waals surface area (Å²) in [4.78, 5) is 32.1. The van der Waals surface area contributed by atoms with Crippen LogP contribution in [0.15, 0.2) is 36.7 Å². The monoisotopic (exact) mass is 536 g/mol. The summed E-state index contributed by atoms with van der Waals surface area (Å²) in [6, 6.07) is 7.18. The number of nitrogens with one attached hydrogen (secondary N) is 1. The van der Waals surface area contributed by atoms with Crippen LogP contribution in [0.25, 0.3) is 5.65 Å². The third-order valence-corrected chi connectivity index (χ3v) is 7.40. The minimum atomic E-state index is -0.477. The lowest BCUT2D eigenvalue weighted by Gasteiger charge is -2.30. The number of carbonyl (C=O) groups excluding carboxylic acids is 2. The molecular formula is C29H37FN6O3. The van der Waals surface area contributed by atoms with Crippen molar-refractivity contribution in [2.45, 2.75) is 71.9 Å². The molecule has 1 aromatic carbocycles. The Balaban J connectivity index is 1.39. The van der Waals surface area contributed by atoms with Crippen LogP contribution in [0.2, 0.25) is 0 Å². The molecule has 2 aliphatic rings. The number of carbonyl (C=O) groups is 2. The van der Waals surface area contributed by atoms with Gasteiger partial charge in [0.05, 0.1) is 18.8 Å². The molecule has 3 aromatic rings. The van der Waals surface area contributed by atoms with Crippen LogP contribution in [0.4, 0.5) is 10.2 Å². The minimum Gasteiger partial charge on any atom is -0.462 e. The molecule has 1 aliphatic carbocycles. The first-order chi connectivity index (χ1) is 18.7. The zero-order chi connectivity index (χ0) is 27.7. The van der Waals surface area contributed by atoms with Gasteiger partial charge in [-0.15, -0.1) is 0 Å². The van der Waals surface area contributed by atoms with Crippen molar-refractivity contribution in [1.29, 1.82) is 0 Å². The summed E-state index contributed by atoms with van der Waals surface area (Å²) >= 11 is 0. The van der Waals surface area contributed by atoms with Gasteiger partial charge in [-0.25, -0.2) is 23.7 Å². The molecule has 1 aliphatic heterocycles. The molecular weight excluding hydrogens is 499 g/mol. The van der Waals surface area contributed by atoms with Crippen molar-refractivity contribution in [3.8, 4) is 0 Å². The van der Waals surface area contributed by atoms with Gasteiger partial charge in [-0.1, -0.05) is 26.8 Å². The molecule has 1 saturated heterocycles. The van der Waals surface area contributed by atoms with E-state index in [2.05, 4.69) is 20.4 Å². The van der Waals surface area contributed by atoms with E-state index in [1.54, 1.807) is 23.7 Å². The van der Waals surface area contributed by atoms with E-state index in [0.29, 0.717) is 36.0 Å². The predicted molar refractivity (Wildman–Crippen MR) is 146 cm³/mol. The van der Waals surface area contributed by atoms with E-state index in [1.807, 2.05) is 32.9 Å². The topological polar surface area (TPSA) is 92.1 Å². The summed E-state index contributed by atoms with van der Waals surface area (Å²) in [5, 5.41) is 6.29. The van der Waals surface area contributed by atoms with Crippen LogP contribution >= 0.6 is 0 Å². The predicted octanol–water partition coefficient (Wildman–Crippen LogP) is 4.47. The number of esters is 1.